The second-order valence-electron chi connectivity index (χ2n) is 3.89. The van der Waals surface area contributed by atoms with Crippen molar-refractivity contribution in [3.8, 4) is 0 Å². The first kappa shape index (κ1) is 13.4. The van der Waals surface area contributed by atoms with Crippen LogP contribution in [0.15, 0.2) is 0 Å². The Kier molecular flexibility index (Phi) is 5.72. The third-order valence-corrected chi connectivity index (χ3v) is 2.82. The highest BCUT2D eigenvalue weighted by Crippen LogP contribution is 2.09. The monoisotopic (exact) mass is 202 g/mol. The Morgan fingerprint density at radius 2 is 2.00 bits per heavy atom. The lowest BCUT2D eigenvalue weighted by atomic mass is 9.98. The van der Waals surface area contributed by atoms with Crippen LogP contribution < -0.4 is 5.73 Å². The van der Waals surface area contributed by atoms with Crippen LogP contribution in [0.4, 0.5) is 0 Å². The average Bonchev–Trinajstić information content (AvgIpc) is 2.23. The Morgan fingerprint density at radius 1 is 1.50 bits per heavy atom. The van der Waals surface area contributed by atoms with E-state index in [1.54, 1.807) is 14.0 Å². The molecule has 4 nitrogen and oxygen atoms in total. The molecule has 1 amide bonds. The molecule has 4 heteroatoms. The highest BCUT2D eigenvalue weighted by atomic mass is 16.3. The second-order valence-corrected chi connectivity index (χ2v) is 3.89. The summed E-state index contributed by atoms with van der Waals surface area (Å²) in [5, 5.41) is 8.90. The number of hydrogen-bond donors (Lipinski definition) is 2. The summed E-state index contributed by atoms with van der Waals surface area (Å²) in [6.07, 6.45) is 0.883. The number of aliphatic hydroxyl groups excluding tert-OH is 1. The van der Waals surface area contributed by atoms with E-state index in [9.17, 15) is 4.79 Å². The highest BCUT2D eigenvalue weighted by molar-refractivity contribution is 5.81. The molecule has 0 fully saturated rings. The van der Waals surface area contributed by atoms with Crippen molar-refractivity contribution in [2.75, 3.05) is 13.7 Å². The van der Waals surface area contributed by atoms with Crippen molar-refractivity contribution < 1.29 is 9.90 Å². The van der Waals surface area contributed by atoms with Crippen molar-refractivity contribution in [2.24, 2.45) is 11.7 Å². The summed E-state index contributed by atoms with van der Waals surface area (Å²) in [5.41, 5.74) is 5.79. The lowest BCUT2D eigenvalue weighted by molar-refractivity contribution is -0.134. The number of likely N-dealkylation sites (N-methyl/N-ethyl adjacent to an activating group) is 1. The Morgan fingerprint density at radius 3 is 2.36 bits per heavy atom. The van der Waals surface area contributed by atoms with Gasteiger partial charge in [-0.05, 0) is 12.8 Å². The molecule has 0 radical (unpaired) electrons. The van der Waals surface area contributed by atoms with Crippen molar-refractivity contribution in [3.63, 3.8) is 0 Å². The maximum Gasteiger partial charge on any atom is 0.239 e. The number of carbonyl (C=O) groups is 1. The van der Waals surface area contributed by atoms with Gasteiger partial charge in [-0.2, -0.15) is 0 Å². The number of aliphatic hydroxyl groups is 1. The van der Waals surface area contributed by atoms with Crippen molar-refractivity contribution in [3.05, 3.63) is 0 Å². The maximum absolute atomic E-state index is 11.7. The Labute approximate surface area is 86.1 Å². The molecule has 0 aromatic rings. The predicted octanol–water partition coefficient (Wildman–Crippen LogP) is 0.199. The van der Waals surface area contributed by atoms with Crippen molar-refractivity contribution >= 4 is 5.91 Å². The highest BCUT2D eigenvalue weighted by Gasteiger charge is 2.24. The topological polar surface area (TPSA) is 66.6 Å². The minimum absolute atomic E-state index is 0.0323. The van der Waals surface area contributed by atoms with Crippen molar-refractivity contribution in [1.82, 2.24) is 4.90 Å². The number of amides is 1. The first-order valence-corrected chi connectivity index (χ1v) is 5.08. The van der Waals surface area contributed by atoms with Crippen LogP contribution in [0.5, 0.6) is 0 Å². The quantitative estimate of drug-likeness (QED) is 0.669. The molecular formula is C10H22N2O2. The largest absolute Gasteiger partial charge is 0.394 e. The van der Waals surface area contributed by atoms with E-state index in [1.807, 2.05) is 13.8 Å². The minimum Gasteiger partial charge on any atom is -0.394 e. The van der Waals surface area contributed by atoms with Gasteiger partial charge in [-0.1, -0.05) is 20.3 Å². The van der Waals surface area contributed by atoms with Crippen LogP contribution in [0.3, 0.4) is 0 Å². The summed E-state index contributed by atoms with van der Waals surface area (Å²) in [6, 6.07) is -0.628. The van der Waals surface area contributed by atoms with E-state index in [0.29, 0.717) is 0 Å². The van der Waals surface area contributed by atoms with Crippen LogP contribution in [0.25, 0.3) is 0 Å². The van der Waals surface area contributed by atoms with Gasteiger partial charge in [0, 0.05) is 7.05 Å². The fraction of sp³-hybridized carbons (Fsp3) is 0.900. The number of nitrogens with zero attached hydrogens (tertiary/aromatic N) is 1. The normalized spacial score (nSPS) is 17.3. The molecule has 84 valence electrons. The zero-order valence-electron chi connectivity index (χ0n) is 9.53. The van der Waals surface area contributed by atoms with E-state index >= 15 is 0 Å². The summed E-state index contributed by atoms with van der Waals surface area (Å²) >= 11 is 0. The molecule has 3 N–H and O–H groups in total. The van der Waals surface area contributed by atoms with E-state index in [4.69, 9.17) is 10.8 Å². The average molecular weight is 202 g/mol. The Balaban J connectivity index is 4.31. The zero-order chi connectivity index (χ0) is 11.3. The van der Waals surface area contributed by atoms with E-state index < -0.39 is 6.04 Å². The summed E-state index contributed by atoms with van der Waals surface area (Å²) < 4.78 is 0. The van der Waals surface area contributed by atoms with Crippen LogP contribution in [0, 0.1) is 5.92 Å². The van der Waals surface area contributed by atoms with Gasteiger partial charge in [0.1, 0.15) is 0 Å². The van der Waals surface area contributed by atoms with Gasteiger partial charge < -0.3 is 15.7 Å². The summed E-state index contributed by atoms with van der Waals surface area (Å²) in [5.74, 6) is 0.0803. The molecule has 0 rings (SSSR count). The molecule has 0 saturated heterocycles. The van der Waals surface area contributed by atoms with Crippen LogP contribution >= 0.6 is 0 Å². The van der Waals surface area contributed by atoms with E-state index in [-0.39, 0.29) is 24.5 Å². The van der Waals surface area contributed by atoms with Gasteiger partial charge in [0.05, 0.1) is 18.7 Å². The SMILES string of the molecule is CC[C@H](C)[C@H](N)C(=O)N(C)C(C)CO. The van der Waals surface area contributed by atoms with Crippen LogP contribution in [0.1, 0.15) is 27.2 Å². The molecule has 0 spiro atoms. The van der Waals surface area contributed by atoms with Gasteiger partial charge in [0.25, 0.3) is 0 Å². The summed E-state index contributed by atoms with van der Waals surface area (Å²) in [6.45, 7) is 5.73. The van der Waals surface area contributed by atoms with Crippen molar-refractivity contribution in [1.29, 1.82) is 0 Å². The van der Waals surface area contributed by atoms with E-state index in [1.165, 1.54) is 4.90 Å². The molecule has 0 heterocycles. The molecule has 0 bridgehead atoms. The molecule has 14 heavy (non-hydrogen) atoms. The number of rotatable bonds is 5. The lowest BCUT2D eigenvalue weighted by Crippen LogP contribution is -2.49. The van der Waals surface area contributed by atoms with E-state index in [0.717, 1.165) is 6.42 Å². The number of hydrogen-bond acceptors (Lipinski definition) is 3. The molecule has 1 unspecified atom stereocenters. The third kappa shape index (κ3) is 3.27. The number of carbonyl (C=O) groups excluding carboxylic acids is 1. The summed E-state index contributed by atoms with van der Waals surface area (Å²) in [4.78, 5) is 13.2. The van der Waals surface area contributed by atoms with Gasteiger partial charge in [0.2, 0.25) is 5.91 Å². The summed E-state index contributed by atoms with van der Waals surface area (Å²) in [7, 11) is 1.67. The van der Waals surface area contributed by atoms with Crippen LogP contribution in [-0.2, 0) is 4.79 Å². The second kappa shape index (κ2) is 5.98. The molecule has 0 aliphatic carbocycles. The minimum atomic E-state index is -0.459. The Hall–Kier alpha value is -0.610. The first-order valence-electron chi connectivity index (χ1n) is 5.08. The standard InChI is InChI=1S/C10H22N2O2/c1-5-7(2)9(11)10(14)12(4)8(3)6-13/h7-9,13H,5-6,11H2,1-4H3/t7-,8?,9-/m0/s1. The van der Waals surface area contributed by atoms with Gasteiger partial charge in [0.15, 0.2) is 0 Å². The fourth-order valence-corrected chi connectivity index (χ4v) is 1.07. The molecule has 0 aromatic heterocycles. The van der Waals surface area contributed by atoms with Crippen LogP contribution in [-0.4, -0.2) is 41.7 Å². The van der Waals surface area contributed by atoms with Gasteiger partial charge in [-0.15, -0.1) is 0 Å². The molecule has 0 aliphatic rings. The van der Waals surface area contributed by atoms with Gasteiger partial charge in [-0.3, -0.25) is 4.79 Å². The molecule has 0 saturated carbocycles. The molecule has 0 aromatic carbocycles. The van der Waals surface area contributed by atoms with E-state index in [2.05, 4.69) is 0 Å². The third-order valence-electron chi connectivity index (χ3n) is 2.82. The lowest BCUT2D eigenvalue weighted by Gasteiger charge is -2.28. The first-order chi connectivity index (χ1) is 6.45. The number of nitrogens with two attached hydrogens (primary N) is 1. The van der Waals surface area contributed by atoms with Crippen molar-refractivity contribution in [2.45, 2.75) is 39.3 Å². The van der Waals surface area contributed by atoms with Gasteiger partial charge >= 0.3 is 0 Å². The molecule has 0 aliphatic heterocycles. The van der Waals surface area contributed by atoms with Gasteiger partial charge in [-0.25, -0.2) is 0 Å². The smallest absolute Gasteiger partial charge is 0.239 e. The molecular weight excluding hydrogens is 180 g/mol. The fourth-order valence-electron chi connectivity index (χ4n) is 1.07. The predicted molar refractivity (Wildman–Crippen MR) is 56.7 cm³/mol. The molecule has 3 atom stereocenters. The zero-order valence-corrected chi connectivity index (χ0v) is 9.53. The van der Waals surface area contributed by atoms with Crippen LogP contribution in [0.2, 0.25) is 0 Å². The maximum atomic E-state index is 11.7. The Bertz CT molecular complexity index is 167.